The van der Waals surface area contributed by atoms with Crippen LogP contribution >= 0.6 is 0 Å². The molecule has 0 aliphatic heterocycles. The average Bonchev–Trinajstić information content (AvgIpc) is 2.55. The molecular weight excluding hydrogens is 312 g/mol. The summed E-state index contributed by atoms with van der Waals surface area (Å²) in [4.78, 5) is 23.4. The van der Waals surface area contributed by atoms with Crippen LogP contribution in [0, 0.1) is 0 Å². The van der Waals surface area contributed by atoms with Gasteiger partial charge in [0.15, 0.2) is 17.1 Å². The van der Waals surface area contributed by atoms with E-state index >= 15 is 0 Å². The van der Waals surface area contributed by atoms with Crippen molar-refractivity contribution in [1.29, 1.82) is 0 Å². The van der Waals surface area contributed by atoms with E-state index in [-0.39, 0.29) is 17.1 Å². The number of fused-ring (bicyclic) bond motifs is 1. The summed E-state index contributed by atoms with van der Waals surface area (Å²) in [5, 5.41) is 0.434. The zero-order chi connectivity index (χ0) is 17.5. The van der Waals surface area contributed by atoms with Crippen LogP contribution in [-0.2, 0) is 4.79 Å². The largest absolute Gasteiger partial charge is 0.489 e. The summed E-state index contributed by atoms with van der Waals surface area (Å²) >= 11 is 0. The Morgan fingerprint density at radius 2 is 2.04 bits per heavy atom. The van der Waals surface area contributed by atoms with Crippen LogP contribution in [0.3, 0.4) is 0 Å². The van der Waals surface area contributed by atoms with Crippen molar-refractivity contribution in [3.8, 4) is 17.2 Å². The molecular formula is C18H20O6. The lowest BCUT2D eigenvalue weighted by Gasteiger charge is -2.12. The Balaban J connectivity index is 2.45. The Morgan fingerprint density at radius 3 is 2.71 bits per heavy atom. The number of benzene rings is 1. The molecule has 0 aliphatic carbocycles. The van der Waals surface area contributed by atoms with Gasteiger partial charge in [0.1, 0.15) is 0 Å². The van der Waals surface area contributed by atoms with Crippen molar-refractivity contribution >= 4 is 16.9 Å². The lowest BCUT2D eigenvalue weighted by Crippen LogP contribution is -2.11. The van der Waals surface area contributed by atoms with Gasteiger partial charge in [0, 0.05) is 6.92 Å². The third kappa shape index (κ3) is 3.95. The molecule has 0 fully saturated rings. The third-order valence-corrected chi connectivity index (χ3v) is 3.20. The Labute approximate surface area is 139 Å². The molecule has 0 radical (unpaired) electrons. The fraction of sp³-hybridized carbons (Fsp3) is 0.333. The van der Waals surface area contributed by atoms with Crippen molar-refractivity contribution < 1.29 is 23.4 Å². The van der Waals surface area contributed by atoms with Crippen LogP contribution < -0.4 is 19.8 Å². The van der Waals surface area contributed by atoms with Crippen molar-refractivity contribution in [3.63, 3.8) is 0 Å². The molecule has 0 atom stereocenters. The van der Waals surface area contributed by atoms with Gasteiger partial charge in [0.2, 0.25) is 5.75 Å². The standard InChI is InChI=1S/C18H20O6/c1-4-5-6-7-11-22-14-10-8-9-13-15(14)24-18(20)17(21-3)16(13)23-12(2)19/h5-6,8-10H,4,7,11H2,1-3H3/b6-5+. The first-order valence-corrected chi connectivity index (χ1v) is 7.68. The third-order valence-electron chi connectivity index (χ3n) is 3.20. The smallest absolute Gasteiger partial charge is 0.383 e. The van der Waals surface area contributed by atoms with Gasteiger partial charge in [-0.15, -0.1) is 0 Å². The fourth-order valence-electron chi connectivity index (χ4n) is 2.21. The molecule has 0 aliphatic rings. The molecule has 0 saturated carbocycles. The Bertz CT molecular complexity index is 803. The zero-order valence-electron chi connectivity index (χ0n) is 14.0. The van der Waals surface area contributed by atoms with Crippen LogP contribution in [0.2, 0.25) is 0 Å². The summed E-state index contributed by atoms with van der Waals surface area (Å²) in [5.41, 5.74) is -0.512. The molecule has 1 aromatic heterocycles. The predicted octanol–water partition coefficient (Wildman–Crippen LogP) is 3.46. The average molecular weight is 332 g/mol. The van der Waals surface area contributed by atoms with Gasteiger partial charge in [-0.3, -0.25) is 4.79 Å². The van der Waals surface area contributed by atoms with E-state index in [0.717, 1.165) is 12.8 Å². The first-order chi connectivity index (χ1) is 11.6. The van der Waals surface area contributed by atoms with E-state index in [4.69, 9.17) is 18.6 Å². The van der Waals surface area contributed by atoms with Crippen LogP contribution in [-0.4, -0.2) is 19.7 Å². The summed E-state index contributed by atoms with van der Waals surface area (Å²) in [6.45, 7) is 3.75. The minimum atomic E-state index is -0.733. The Hall–Kier alpha value is -2.76. The van der Waals surface area contributed by atoms with E-state index in [1.54, 1.807) is 18.2 Å². The number of ether oxygens (including phenoxy) is 3. The number of rotatable bonds is 7. The molecule has 0 N–H and O–H groups in total. The summed E-state index contributed by atoms with van der Waals surface area (Å²) in [7, 11) is 1.31. The van der Waals surface area contributed by atoms with Gasteiger partial charge >= 0.3 is 11.6 Å². The molecule has 1 heterocycles. The number of esters is 1. The molecule has 0 amide bonds. The van der Waals surface area contributed by atoms with Crippen molar-refractivity contribution in [3.05, 3.63) is 40.8 Å². The topological polar surface area (TPSA) is 75.0 Å². The van der Waals surface area contributed by atoms with Gasteiger partial charge in [0.05, 0.1) is 19.1 Å². The van der Waals surface area contributed by atoms with Crippen molar-refractivity contribution in [2.24, 2.45) is 0 Å². The zero-order valence-corrected chi connectivity index (χ0v) is 14.0. The number of carbonyl (C=O) groups is 1. The van der Waals surface area contributed by atoms with Gasteiger partial charge in [-0.1, -0.05) is 25.1 Å². The maximum atomic E-state index is 12.1. The molecule has 128 valence electrons. The molecule has 2 rings (SSSR count). The van der Waals surface area contributed by atoms with E-state index < -0.39 is 11.6 Å². The second kappa shape index (κ2) is 8.19. The molecule has 6 nitrogen and oxygen atoms in total. The van der Waals surface area contributed by atoms with Crippen LogP contribution in [0.4, 0.5) is 0 Å². The maximum absolute atomic E-state index is 12.1. The van der Waals surface area contributed by atoms with Crippen molar-refractivity contribution in [2.45, 2.75) is 26.7 Å². The highest BCUT2D eigenvalue weighted by Crippen LogP contribution is 2.36. The predicted molar refractivity (Wildman–Crippen MR) is 89.9 cm³/mol. The number of para-hydroxylation sites is 1. The molecule has 1 aromatic carbocycles. The van der Waals surface area contributed by atoms with E-state index in [1.165, 1.54) is 14.0 Å². The van der Waals surface area contributed by atoms with E-state index in [0.29, 0.717) is 17.7 Å². The van der Waals surface area contributed by atoms with E-state index in [9.17, 15) is 9.59 Å². The molecule has 0 saturated heterocycles. The number of hydrogen-bond acceptors (Lipinski definition) is 6. The lowest BCUT2D eigenvalue weighted by molar-refractivity contribution is -0.131. The number of methoxy groups -OCH3 is 1. The van der Waals surface area contributed by atoms with Gasteiger partial charge in [-0.05, 0) is 25.0 Å². The number of allylic oxidation sites excluding steroid dienone is 1. The molecule has 2 aromatic rings. The minimum Gasteiger partial charge on any atom is -0.489 e. The van der Waals surface area contributed by atoms with Gasteiger partial charge in [-0.25, -0.2) is 4.79 Å². The normalized spacial score (nSPS) is 11.0. The molecule has 0 unspecified atom stereocenters. The second-order valence-corrected chi connectivity index (χ2v) is 5.00. The first-order valence-electron chi connectivity index (χ1n) is 7.68. The van der Waals surface area contributed by atoms with E-state index in [1.807, 2.05) is 6.08 Å². The summed E-state index contributed by atoms with van der Waals surface area (Å²) < 4.78 is 21.2. The highest BCUT2D eigenvalue weighted by molar-refractivity contribution is 5.91. The lowest BCUT2D eigenvalue weighted by atomic mass is 10.2. The number of carbonyl (C=O) groups excluding carboxylic acids is 1. The Morgan fingerprint density at radius 1 is 1.25 bits per heavy atom. The molecule has 0 spiro atoms. The highest BCUT2D eigenvalue weighted by atomic mass is 16.6. The van der Waals surface area contributed by atoms with Gasteiger partial charge in [0.25, 0.3) is 0 Å². The Kier molecular flexibility index (Phi) is 6.01. The quantitative estimate of drug-likeness (QED) is 0.334. The van der Waals surface area contributed by atoms with Crippen LogP contribution in [0.1, 0.15) is 26.7 Å². The van der Waals surface area contributed by atoms with Crippen LogP contribution in [0.25, 0.3) is 11.0 Å². The molecule has 24 heavy (non-hydrogen) atoms. The van der Waals surface area contributed by atoms with E-state index in [2.05, 4.69) is 13.0 Å². The SMILES string of the molecule is CC/C=C/CCOc1cccc2c(OC(C)=O)c(OC)c(=O)oc12. The maximum Gasteiger partial charge on any atom is 0.383 e. The van der Waals surface area contributed by atoms with Crippen molar-refractivity contribution in [1.82, 2.24) is 0 Å². The van der Waals surface area contributed by atoms with Crippen LogP contribution in [0.15, 0.2) is 39.6 Å². The summed E-state index contributed by atoms with van der Waals surface area (Å²) in [6, 6.07) is 5.09. The molecule has 0 bridgehead atoms. The summed E-state index contributed by atoms with van der Waals surface area (Å²) in [5.74, 6) is -0.268. The highest BCUT2D eigenvalue weighted by Gasteiger charge is 2.20. The minimum absolute atomic E-state index is 0.0348. The van der Waals surface area contributed by atoms with Crippen molar-refractivity contribution in [2.75, 3.05) is 13.7 Å². The number of hydrogen-bond donors (Lipinski definition) is 0. The first kappa shape index (κ1) is 17.6. The monoisotopic (exact) mass is 332 g/mol. The summed E-state index contributed by atoms with van der Waals surface area (Å²) in [6.07, 6.45) is 5.78. The van der Waals surface area contributed by atoms with Crippen LogP contribution in [0.5, 0.6) is 17.2 Å². The molecule has 6 heteroatoms. The second-order valence-electron chi connectivity index (χ2n) is 5.00. The van der Waals surface area contributed by atoms with Gasteiger partial charge in [-0.2, -0.15) is 0 Å². The fourth-order valence-corrected chi connectivity index (χ4v) is 2.21. The van der Waals surface area contributed by atoms with Gasteiger partial charge < -0.3 is 18.6 Å².